The minimum Gasteiger partial charge on any atom is -1.00 e. The van der Waals surface area contributed by atoms with E-state index in [9.17, 15) is 0 Å². The molecule has 3 aliphatic heterocycles. The molecule has 0 spiro atoms. The highest BCUT2D eigenvalue weighted by molar-refractivity contribution is 5.94. The Morgan fingerprint density at radius 3 is 2.19 bits per heavy atom. The number of hydrogen-bond acceptors (Lipinski definition) is 4. The van der Waals surface area contributed by atoms with Gasteiger partial charge in [0, 0.05) is 18.9 Å². The van der Waals surface area contributed by atoms with E-state index in [0.29, 0.717) is 13.6 Å². The summed E-state index contributed by atoms with van der Waals surface area (Å²) in [6.45, 7) is 3.87. The summed E-state index contributed by atoms with van der Waals surface area (Å²) in [6, 6.07) is 10.9. The number of ether oxygens (including phenoxy) is 4. The van der Waals surface area contributed by atoms with Gasteiger partial charge in [0.1, 0.15) is 0 Å². The van der Waals surface area contributed by atoms with Crippen LogP contribution in [0, 0.1) is 0 Å². The Balaban J connectivity index is 0.00000280. The van der Waals surface area contributed by atoms with Crippen molar-refractivity contribution in [1.82, 2.24) is 0 Å². The molecule has 198 valence electrons. The second-order valence-electron chi connectivity index (χ2n) is 10.4. The summed E-state index contributed by atoms with van der Waals surface area (Å²) in [6.07, 6.45) is 15.5. The molecule has 0 atom stereocenters. The molecule has 0 unspecified atom stereocenters. The standard InChI is InChI=1S/C31H38NO4.ClH/c1-2-3-4-5-6-7-8-9-10-11-12-25-30-23(13-14-27-31(30)36-21-33-27)17-26-24-19-29-28(34-20-35-29)18-22(24)15-16-32(25)26;/h13-14,17-19H,2-12,15-16,20-21H2,1H3;1H/q+1;/p-1. The highest BCUT2D eigenvalue weighted by atomic mass is 35.5. The second-order valence-corrected chi connectivity index (χ2v) is 10.4. The minimum absolute atomic E-state index is 0. The topological polar surface area (TPSA) is 40.8 Å². The van der Waals surface area contributed by atoms with Gasteiger partial charge in [0.25, 0.3) is 0 Å². The molecule has 1 aromatic heterocycles. The van der Waals surface area contributed by atoms with Crippen LogP contribution >= 0.6 is 0 Å². The molecule has 0 amide bonds. The average Bonchev–Trinajstić information content (AvgIpc) is 3.57. The number of benzene rings is 2. The van der Waals surface area contributed by atoms with Crippen molar-refractivity contribution in [3.05, 3.63) is 41.6 Å². The molecule has 2 aromatic carbocycles. The first-order valence-corrected chi connectivity index (χ1v) is 14.0. The van der Waals surface area contributed by atoms with Crippen LogP contribution in [0.2, 0.25) is 0 Å². The Labute approximate surface area is 226 Å². The van der Waals surface area contributed by atoms with Crippen molar-refractivity contribution >= 4 is 10.8 Å². The first-order chi connectivity index (χ1) is 17.8. The summed E-state index contributed by atoms with van der Waals surface area (Å²) < 4.78 is 25.7. The molecular weight excluding hydrogens is 486 g/mol. The van der Waals surface area contributed by atoms with E-state index in [4.69, 9.17) is 18.9 Å². The smallest absolute Gasteiger partial charge is 0.231 e. The van der Waals surface area contributed by atoms with E-state index < -0.39 is 0 Å². The van der Waals surface area contributed by atoms with Gasteiger partial charge < -0.3 is 31.4 Å². The lowest BCUT2D eigenvalue weighted by atomic mass is 9.92. The van der Waals surface area contributed by atoms with Crippen LogP contribution in [0.25, 0.3) is 22.0 Å². The summed E-state index contributed by atoms with van der Waals surface area (Å²) >= 11 is 0. The van der Waals surface area contributed by atoms with Crippen LogP contribution in [-0.4, -0.2) is 13.6 Å². The predicted octanol–water partition coefficient (Wildman–Crippen LogP) is 4.28. The number of hydrogen-bond donors (Lipinski definition) is 0. The van der Waals surface area contributed by atoms with Gasteiger partial charge in [-0.2, -0.15) is 4.57 Å². The zero-order valence-corrected chi connectivity index (χ0v) is 22.7. The van der Waals surface area contributed by atoms with Crippen molar-refractivity contribution in [2.75, 3.05) is 13.6 Å². The van der Waals surface area contributed by atoms with Crippen molar-refractivity contribution in [3.8, 4) is 34.3 Å². The van der Waals surface area contributed by atoms with E-state index in [1.165, 1.54) is 97.5 Å². The summed E-state index contributed by atoms with van der Waals surface area (Å²) in [4.78, 5) is 0. The molecule has 0 aliphatic carbocycles. The Morgan fingerprint density at radius 1 is 0.730 bits per heavy atom. The summed E-state index contributed by atoms with van der Waals surface area (Å²) in [5, 5.41) is 2.45. The van der Waals surface area contributed by atoms with Crippen LogP contribution < -0.4 is 35.9 Å². The molecule has 0 saturated heterocycles. The van der Waals surface area contributed by atoms with E-state index in [1.807, 2.05) is 0 Å². The highest BCUT2D eigenvalue weighted by Crippen LogP contribution is 2.44. The van der Waals surface area contributed by atoms with Crippen LogP contribution in [0.5, 0.6) is 23.0 Å². The molecule has 3 aromatic rings. The second kappa shape index (κ2) is 11.8. The molecule has 4 heterocycles. The van der Waals surface area contributed by atoms with E-state index in [0.717, 1.165) is 42.4 Å². The third-order valence-electron chi connectivity index (χ3n) is 8.02. The van der Waals surface area contributed by atoms with Crippen molar-refractivity contribution in [2.24, 2.45) is 0 Å². The SMILES string of the molecule is CCCCCCCCCCCCc1c2c3c(ccc2cc2[n+]1CCc1cc4c(cc1-2)OCO4)OCO3.[Cl-]. The fourth-order valence-corrected chi connectivity index (χ4v) is 6.09. The maximum Gasteiger partial charge on any atom is 0.231 e. The van der Waals surface area contributed by atoms with Crippen LogP contribution in [0.4, 0.5) is 0 Å². The number of fused-ring (bicyclic) bond motifs is 7. The maximum atomic E-state index is 6.00. The fraction of sp³-hybridized carbons (Fsp3) is 0.516. The van der Waals surface area contributed by atoms with Crippen LogP contribution in [0.3, 0.4) is 0 Å². The first kappa shape index (κ1) is 26.0. The summed E-state index contributed by atoms with van der Waals surface area (Å²) in [5.74, 6) is 3.51. The van der Waals surface area contributed by atoms with Gasteiger partial charge in [-0.15, -0.1) is 0 Å². The zero-order chi connectivity index (χ0) is 24.3. The van der Waals surface area contributed by atoms with Gasteiger partial charge in [0.15, 0.2) is 35.2 Å². The van der Waals surface area contributed by atoms with Crippen molar-refractivity contribution in [3.63, 3.8) is 0 Å². The molecular formula is C31H38ClNO4. The Bertz CT molecular complexity index is 1260. The van der Waals surface area contributed by atoms with Crippen molar-refractivity contribution < 1.29 is 35.9 Å². The molecule has 6 heteroatoms. The Morgan fingerprint density at radius 2 is 1.41 bits per heavy atom. The first-order valence-electron chi connectivity index (χ1n) is 14.0. The fourth-order valence-electron chi connectivity index (χ4n) is 6.09. The lowest BCUT2D eigenvalue weighted by Gasteiger charge is -2.19. The van der Waals surface area contributed by atoms with Gasteiger partial charge in [-0.3, -0.25) is 0 Å². The molecule has 3 aliphatic rings. The maximum absolute atomic E-state index is 6.00. The lowest BCUT2D eigenvalue weighted by Crippen LogP contribution is -3.00. The third kappa shape index (κ3) is 5.20. The number of halogens is 1. The van der Waals surface area contributed by atoms with Gasteiger partial charge >= 0.3 is 0 Å². The molecule has 0 radical (unpaired) electrons. The number of aromatic nitrogens is 1. The van der Waals surface area contributed by atoms with Crippen LogP contribution in [0.1, 0.15) is 82.4 Å². The Hall–Kier alpha value is -2.66. The highest BCUT2D eigenvalue weighted by Gasteiger charge is 2.33. The van der Waals surface area contributed by atoms with E-state index in [2.05, 4.69) is 41.8 Å². The molecule has 0 N–H and O–H groups in total. The third-order valence-corrected chi connectivity index (χ3v) is 8.02. The zero-order valence-electron chi connectivity index (χ0n) is 22.0. The monoisotopic (exact) mass is 523 g/mol. The largest absolute Gasteiger partial charge is 1.00 e. The van der Waals surface area contributed by atoms with Crippen molar-refractivity contribution in [1.29, 1.82) is 0 Å². The van der Waals surface area contributed by atoms with E-state index in [1.54, 1.807) is 0 Å². The van der Waals surface area contributed by atoms with Gasteiger partial charge in [-0.1, -0.05) is 64.7 Å². The van der Waals surface area contributed by atoms with Gasteiger partial charge in [0.2, 0.25) is 19.3 Å². The minimum atomic E-state index is 0. The number of pyridine rings is 1. The van der Waals surface area contributed by atoms with Crippen molar-refractivity contribution in [2.45, 2.75) is 90.5 Å². The van der Waals surface area contributed by atoms with Gasteiger partial charge in [0.05, 0.1) is 10.9 Å². The van der Waals surface area contributed by atoms with Crippen LogP contribution in [-0.2, 0) is 19.4 Å². The number of unbranched alkanes of at least 4 members (excludes halogenated alkanes) is 9. The molecule has 0 bridgehead atoms. The van der Waals surface area contributed by atoms with Gasteiger partial charge in [-0.25, -0.2) is 0 Å². The molecule has 0 fully saturated rings. The molecule has 37 heavy (non-hydrogen) atoms. The number of aryl methyl sites for hydroxylation is 2. The molecule has 0 saturated carbocycles. The molecule has 6 rings (SSSR count). The lowest BCUT2D eigenvalue weighted by molar-refractivity contribution is -0.693. The number of nitrogens with zero attached hydrogens (tertiary/aromatic N) is 1. The summed E-state index contributed by atoms with van der Waals surface area (Å²) in [5.41, 5.74) is 5.24. The predicted molar refractivity (Wildman–Crippen MR) is 141 cm³/mol. The van der Waals surface area contributed by atoms with Gasteiger partial charge in [-0.05, 0) is 41.6 Å². The number of rotatable bonds is 11. The summed E-state index contributed by atoms with van der Waals surface area (Å²) in [7, 11) is 0. The quantitative estimate of drug-likeness (QED) is 0.278. The van der Waals surface area contributed by atoms with Crippen LogP contribution in [0.15, 0.2) is 30.3 Å². The Kier molecular flexibility index (Phi) is 8.29. The van der Waals surface area contributed by atoms with E-state index >= 15 is 0 Å². The average molecular weight is 524 g/mol. The molecule has 5 nitrogen and oxygen atoms in total. The van der Waals surface area contributed by atoms with E-state index in [-0.39, 0.29) is 12.4 Å². The normalized spacial score (nSPS) is 14.4.